The Labute approximate surface area is 504 Å². The minimum Gasteiger partial charge on any atom is -0.490 e. The number of methoxy groups -OCH3 is 1. The molecule has 83 heavy (non-hydrogen) atoms. The number of hydrogen-bond acceptors (Lipinski definition) is 14. The molecule has 2 aliphatic heterocycles. The first-order chi connectivity index (χ1) is 40.3. The topological polar surface area (TPSA) is 238 Å². The highest BCUT2D eigenvalue weighted by Gasteiger charge is 2.53. The monoisotopic (exact) mass is 1210 g/mol. The summed E-state index contributed by atoms with van der Waals surface area (Å²) in [6.07, 6.45) is 34.2. The summed E-state index contributed by atoms with van der Waals surface area (Å²) >= 11 is 0. The van der Waals surface area contributed by atoms with Gasteiger partial charge < -0.3 is 63.6 Å². The number of aliphatic hydroxyl groups excluding tert-OH is 3. The van der Waals surface area contributed by atoms with Crippen LogP contribution in [0.15, 0.2) is 12.3 Å². The van der Waals surface area contributed by atoms with E-state index in [0.717, 1.165) is 103 Å². The molecule has 2 fully saturated rings. The zero-order valence-corrected chi connectivity index (χ0v) is 53.9. The summed E-state index contributed by atoms with van der Waals surface area (Å²) in [5.41, 5.74) is 0. The van der Waals surface area contributed by atoms with Crippen LogP contribution in [-0.4, -0.2) is 138 Å². The third kappa shape index (κ3) is 37.8. The Kier molecular flexibility index (Phi) is 47.9. The highest BCUT2D eigenvalue weighted by Crippen LogP contribution is 2.43. The number of phosphoric acid groups is 1. The van der Waals surface area contributed by atoms with Crippen molar-refractivity contribution in [2.24, 2.45) is 0 Å². The summed E-state index contributed by atoms with van der Waals surface area (Å²) in [4.78, 5) is 46.7. The first kappa shape index (κ1) is 77.5. The smallest absolute Gasteiger partial charge is 0.470 e. The molecule has 490 valence electrons. The molecule has 0 saturated carbocycles. The second-order valence-corrected chi connectivity index (χ2v) is 25.1. The summed E-state index contributed by atoms with van der Waals surface area (Å²) in [7, 11) is -3.54. The zero-order chi connectivity index (χ0) is 60.6. The van der Waals surface area contributed by atoms with E-state index in [1.54, 1.807) is 7.11 Å². The van der Waals surface area contributed by atoms with Crippen molar-refractivity contribution in [2.75, 3.05) is 33.5 Å². The van der Waals surface area contributed by atoms with Gasteiger partial charge in [-0.05, 0) is 44.6 Å². The van der Waals surface area contributed by atoms with E-state index in [1.165, 1.54) is 128 Å². The average molecular weight is 1210 g/mol. The normalized spacial score (nSPS) is 23.5. The van der Waals surface area contributed by atoms with Crippen molar-refractivity contribution in [2.45, 2.75) is 358 Å². The van der Waals surface area contributed by atoms with Gasteiger partial charge in [-0.25, -0.2) is 4.57 Å². The Hall–Kier alpha value is -1.57. The van der Waals surface area contributed by atoms with Gasteiger partial charge in [0, 0.05) is 26.7 Å². The first-order valence-corrected chi connectivity index (χ1v) is 35.4. The predicted octanol–water partition coefficient (Wildman–Crippen LogP) is 14.1. The van der Waals surface area contributed by atoms with Crippen LogP contribution in [0, 0.1) is 0 Å². The van der Waals surface area contributed by atoms with Crippen LogP contribution in [0.3, 0.4) is 0 Å². The second-order valence-electron chi connectivity index (χ2n) is 23.9. The first-order valence-electron chi connectivity index (χ1n) is 33.8. The van der Waals surface area contributed by atoms with Crippen molar-refractivity contribution >= 4 is 19.5 Å². The van der Waals surface area contributed by atoms with Gasteiger partial charge in [0.25, 0.3) is 0 Å². The minimum atomic E-state index is -5.19. The van der Waals surface area contributed by atoms with E-state index in [0.29, 0.717) is 25.7 Å². The van der Waals surface area contributed by atoms with Crippen LogP contribution in [0.5, 0.6) is 0 Å². The van der Waals surface area contributed by atoms with Crippen LogP contribution in [0.4, 0.5) is 0 Å². The third-order valence-corrected chi connectivity index (χ3v) is 17.0. The lowest BCUT2D eigenvalue weighted by molar-refractivity contribution is -0.322. The molecule has 0 aromatic heterocycles. The number of ether oxygens (including phenoxy) is 7. The maximum Gasteiger partial charge on any atom is 0.470 e. The summed E-state index contributed by atoms with van der Waals surface area (Å²) in [6, 6.07) is -1.22. The molecule has 2 saturated heterocycles. The van der Waals surface area contributed by atoms with Gasteiger partial charge in [-0.1, -0.05) is 240 Å². The van der Waals surface area contributed by atoms with Crippen molar-refractivity contribution in [3.8, 4) is 0 Å². The Morgan fingerprint density at radius 2 is 1.04 bits per heavy atom. The molecule has 2 heterocycles. The lowest BCUT2D eigenvalue weighted by Gasteiger charge is -2.46. The van der Waals surface area contributed by atoms with Crippen molar-refractivity contribution < 1.29 is 76.9 Å². The van der Waals surface area contributed by atoms with Crippen LogP contribution in [-0.2, 0) is 51.8 Å². The fraction of sp³-hybridized carbons (Fsp3) is 0.938. The van der Waals surface area contributed by atoms with Crippen LogP contribution in [0.25, 0.3) is 0 Å². The quantitative estimate of drug-likeness (QED) is 0.0144. The second kappa shape index (κ2) is 51.3. The summed E-state index contributed by atoms with van der Waals surface area (Å²) in [5, 5.41) is 37.0. The van der Waals surface area contributed by atoms with Gasteiger partial charge in [0.1, 0.15) is 48.4 Å². The molecule has 2 aliphatic rings. The molecular formula is C65H124NO16P. The Balaban J connectivity index is 2.27. The highest BCUT2D eigenvalue weighted by atomic mass is 31.2. The molecule has 0 spiro atoms. The average Bonchev–Trinajstić information content (AvgIpc) is 3.33. The SMILES string of the molecule is CCCCCCCCCCCCCCCCC=CO[C@H]1[C@H](OC[C@H]2O[C@H](O)[C@H](NC(=O)CC(=O)CCCCCCCCCCC)[C@@H](OCCCCCCCCCC)[C@@H]2O)O[C@H](CO)[C@@H](OP(=O)(O)O)[C@@H]1OCC[C@@H](CCCCCCC)OC. The fourth-order valence-electron chi connectivity index (χ4n) is 11.3. The van der Waals surface area contributed by atoms with Crippen LogP contribution >= 0.6 is 7.82 Å². The number of unbranched alkanes of at least 4 members (excludes halogenated alkanes) is 33. The maximum atomic E-state index is 13.4. The van der Waals surface area contributed by atoms with E-state index in [1.807, 2.05) is 6.08 Å². The number of Topliss-reactive ketones (excluding diaryl/α,β-unsaturated/α-hetero) is 1. The fourth-order valence-corrected chi connectivity index (χ4v) is 11.9. The number of rotatable bonds is 57. The van der Waals surface area contributed by atoms with Crippen molar-refractivity contribution in [1.82, 2.24) is 5.32 Å². The van der Waals surface area contributed by atoms with Gasteiger partial charge in [0.05, 0.1) is 32.0 Å². The van der Waals surface area contributed by atoms with Crippen molar-refractivity contribution in [3.05, 3.63) is 12.3 Å². The molecule has 0 aromatic carbocycles. The third-order valence-electron chi connectivity index (χ3n) is 16.5. The van der Waals surface area contributed by atoms with E-state index in [-0.39, 0.29) is 37.9 Å². The molecule has 0 bridgehead atoms. The number of nitrogens with one attached hydrogen (secondary N) is 1. The lowest BCUT2D eigenvalue weighted by Crippen LogP contribution is -2.66. The van der Waals surface area contributed by atoms with Gasteiger partial charge in [-0.2, -0.15) is 0 Å². The van der Waals surface area contributed by atoms with Gasteiger partial charge in [0.2, 0.25) is 5.91 Å². The molecule has 0 aromatic rings. The standard InChI is InChI=1S/C65H124NO16P/c1-6-10-14-18-21-24-25-26-27-28-29-30-32-35-39-43-48-77-63-62(78-49-46-54(75-5)45-41-36-17-13-9-4)60(82-83(72,73)74)55(51-67)81-65(63)79-52-56-59(70)61(76-47-42-38-34-23-20-16-12-8-3)58(64(71)80-56)66-57(69)50-53(68)44-40-37-33-31-22-19-15-11-7-2/h43,48,54-56,58-65,67,70-71H,6-42,44-47,49-52H2,1-5H3,(H,66,69)(H2,72,73,74)/t54-,55-,56-,58-,59-,60-,61-,62+,63-,64+,65-/m1/s1. The van der Waals surface area contributed by atoms with Gasteiger partial charge in [0.15, 0.2) is 18.7 Å². The molecule has 0 aliphatic carbocycles. The molecule has 0 unspecified atom stereocenters. The van der Waals surface area contributed by atoms with Crippen molar-refractivity contribution in [1.29, 1.82) is 0 Å². The molecule has 11 atom stereocenters. The minimum absolute atomic E-state index is 0.0825. The number of aliphatic hydroxyl groups is 3. The molecule has 17 nitrogen and oxygen atoms in total. The Morgan fingerprint density at radius 1 is 0.554 bits per heavy atom. The summed E-state index contributed by atoms with van der Waals surface area (Å²) in [5.74, 6) is -0.812. The molecule has 6 N–H and O–H groups in total. The largest absolute Gasteiger partial charge is 0.490 e. The van der Waals surface area contributed by atoms with Gasteiger partial charge in [-0.3, -0.25) is 14.1 Å². The molecule has 0 radical (unpaired) electrons. The Morgan fingerprint density at radius 3 is 1.54 bits per heavy atom. The van der Waals surface area contributed by atoms with E-state index in [4.69, 9.17) is 37.7 Å². The predicted molar refractivity (Wildman–Crippen MR) is 329 cm³/mol. The van der Waals surface area contributed by atoms with E-state index in [2.05, 4.69) is 33.0 Å². The number of hydrogen-bond donors (Lipinski definition) is 6. The highest BCUT2D eigenvalue weighted by molar-refractivity contribution is 7.46. The number of amides is 1. The maximum absolute atomic E-state index is 13.4. The van der Waals surface area contributed by atoms with Crippen molar-refractivity contribution in [3.63, 3.8) is 0 Å². The van der Waals surface area contributed by atoms with Crippen LogP contribution < -0.4 is 5.32 Å². The summed E-state index contributed by atoms with van der Waals surface area (Å²) < 4.78 is 61.4. The van der Waals surface area contributed by atoms with E-state index >= 15 is 0 Å². The van der Waals surface area contributed by atoms with Gasteiger partial charge >= 0.3 is 7.82 Å². The van der Waals surface area contributed by atoms with Crippen LogP contribution in [0.2, 0.25) is 0 Å². The number of phosphoric ester groups is 1. The van der Waals surface area contributed by atoms with Gasteiger partial charge in [-0.15, -0.1) is 0 Å². The molecule has 2 rings (SSSR count). The molecule has 1 amide bonds. The lowest BCUT2D eigenvalue weighted by atomic mass is 9.96. The molecular weight excluding hydrogens is 1080 g/mol. The zero-order valence-electron chi connectivity index (χ0n) is 53.0. The number of carbonyl (C=O) groups is 2. The number of carbonyl (C=O) groups excluding carboxylic acids is 2. The molecule has 18 heteroatoms. The Bertz CT molecular complexity index is 1610. The van der Waals surface area contributed by atoms with E-state index in [9.17, 15) is 39.3 Å². The van der Waals surface area contributed by atoms with Crippen LogP contribution in [0.1, 0.15) is 291 Å². The summed E-state index contributed by atoms with van der Waals surface area (Å²) in [6.45, 7) is 7.98. The number of ketones is 1. The number of allylic oxidation sites excluding steroid dienone is 1. The van der Waals surface area contributed by atoms with E-state index < -0.39 is 88.3 Å².